The number of carbonyl (C=O) groups is 1. The fraction of sp³-hybridized carbons (Fsp3) is 0.300. The molecule has 0 bridgehead atoms. The van der Waals surface area contributed by atoms with Crippen molar-refractivity contribution in [3.63, 3.8) is 0 Å². The van der Waals surface area contributed by atoms with Gasteiger partial charge in [0.2, 0.25) is 0 Å². The Hall–Kier alpha value is -2.67. The number of hydrogen-bond donors (Lipinski definition) is 0. The second-order valence-corrected chi connectivity index (χ2v) is 9.35. The van der Waals surface area contributed by atoms with Gasteiger partial charge in [-0.1, -0.05) is 12.1 Å². The summed E-state index contributed by atoms with van der Waals surface area (Å²) in [5.74, 6) is 0.0460. The summed E-state index contributed by atoms with van der Waals surface area (Å²) in [7, 11) is -1.35. The quantitative estimate of drug-likeness (QED) is 0.697. The third-order valence-corrected chi connectivity index (χ3v) is 6.94. The van der Waals surface area contributed by atoms with Gasteiger partial charge in [-0.15, -0.1) is 0 Å². The van der Waals surface area contributed by atoms with E-state index in [1.807, 2.05) is 41.9 Å². The average molecular weight is 383 g/mol. The maximum atomic E-state index is 12.9. The number of aryl methyl sites for hydroxylation is 1. The van der Waals surface area contributed by atoms with E-state index in [2.05, 4.69) is 11.1 Å². The van der Waals surface area contributed by atoms with Gasteiger partial charge in [-0.25, -0.2) is 13.4 Å². The zero-order valence-corrected chi connectivity index (χ0v) is 16.1. The molecule has 0 aliphatic carbocycles. The fourth-order valence-electron chi connectivity index (χ4n) is 3.65. The number of fused-ring (bicyclic) bond motifs is 1. The normalized spacial score (nSPS) is 18.7. The van der Waals surface area contributed by atoms with E-state index in [-0.39, 0.29) is 23.5 Å². The minimum Gasteiger partial charge on any atom is -0.338 e. The van der Waals surface area contributed by atoms with E-state index in [0.29, 0.717) is 12.0 Å². The Bertz CT molecular complexity index is 1130. The Kier molecular flexibility index (Phi) is 4.26. The first-order valence-corrected chi connectivity index (χ1v) is 10.7. The van der Waals surface area contributed by atoms with Gasteiger partial charge in [-0.3, -0.25) is 4.79 Å². The molecular formula is C20H21N3O3S. The molecule has 0 N–H and O–H groups in total. The highest BCUT2D eigenvalue weighted by molar-refractivity contribution is 7.91. The summed E-state index contributed by atoms with van der Waals surface area (Å²) in [4.78, 5) is 18.8. The molecule has 1 unspecified atom stereocenters. The molecule has 0 radical (unpaired) electrons. The number of rotatable bonds is 3. The Morgan fingerprint density at radius 1 is 1.26 bits per heavy atom. The summed E-state index contributed by atoms with van der Waals surface area (Å²) < 4.78 is 25.4. The molecule has 140 valence electrons. The monoisotopic (exact) mass is 383 g/mol. The SMILES string of the molecule is Cc1cc(-c2cccc(C(=O)N(C)C3CCS(=O)(=O)C3)c2)cn2ccnc12. The van der Waals surface area contributed by atoms with Crippen molar-refractivity contribution >= 4 is 21.4 Å². The summed E-state index contributed by atoms with van der Waals surface area (Å²) in [6.07, 6.45) is 6.15. The number of pyridine rings is 1. The van der Waals surface area contributed by atoms with Crippen molar-refractivity contribution in [3.8, 4) is 11.1 Å². The van der Waals surface area contributed by atoms with Gasteiger partial charge < -0.3 is 9.30 Å². The molecule has 0 saturated carbocycles. The third kappa shape index (κ3) is 3.35. The molecule has 3 heterocycles. The predicted molar refractivity (Wildman–Crippen MR) is 105 cm³/mol. The third-order valence-electron chi connectivity index (χ3n) is 5.19. The number of benzene rings is 1. The van der Waals surface area contributed by atoms with Crippen LogP contribution < -0.4 is 0 Å². The Morgan fingerprint density at radius 2 is 2.07 bits per heavy atom. The molecule has 2 aromatic heterocycles. The van der Waals surface area contributed by atoms with Crippen LogP contribution in [0.25, 0.3) is 16.8 Å². The minimum absolute atomic E-state index is 0.0470. The highest BCUT2D eigenvalue weighted by Crippen LogP contribution is 2.25. The molecule has 1 aliphatic heterocycles. The second kappa shape index (κ2) is 6.49. The number of sulfone groups is 1. The van der Waals surface area contributed by atoms with Crippen LogP contribution >= 0.6 is 0 Å². The van der Waals surface area contributed by atoms with Crippen LogP contribution in [-0.2, 0) is 9.84 Å². The maximum Gasteiger partial charge on any atom is 0.253 e. The lowest BCUT2D eigenvalue weighted by Gasteiger charge is -2.23. The minimum atomic E-state index is -3.03. The van der Waals surface area contributed by atoms with Gasteiger partial charge in [0.15, 0.2) is 9.84 Å². The van der Waals surface area contributed by atoms with Gasteiger partial charge in [0, 0.05) is 37.2 Å². The van der Waals surface area contributed by atoms with Crippen molar-refractivity contribution in [1.82, 2.24) is 14.3 Å². The van der Waals surface area contributed by atoms with Gasteiger partial charge in [-0.2, -0.15) is 0 Å². The topological polar surface area (TPSA) is 71.8 Å². The summed E-state index contributed by atoms with van der Waals surface area (Å²) in [6, 6.07) is 9.26. The summed E-state index contributed by atoms with van der Waals surface area (Å²) in [5, 5.41) is 0. The van der Waals surface area contributed by atoms with Crippen molar-refractivity contribution in [1.29, 1.82) is 0 Å². The summed E-state index contributed by atoms with van der Waals surface area (Å²) in [6.45, 7) is 2.01. The first-order chi connectivity index (χ1) is 12.8. The highest BCUT2D eigenvalue weighted by atomic mass is 32.2. The molecule has 1 atom stereocenters. The Morgan fingerprint density at radius 3 is 2.81 bits per heavy atom. The lowest BCUT2D eigenvalue weighted by molar-refractivity contribution is 0.0747. The van der Waals surface area contributed by atoms with Crippen LogP contribution in [0, 0.1) is 6.92 Å². The van der Waals surface area contributed by atoms with E-state index in [1.165, 1.54) is 0 Å². The number of nitrogens with zero attached hydrogens (tertiary/aromatic N) is 3. The largest absolute Gasteiger partial charge is 0.338 e. The molecule has 0 spiro atoms. The first-order valence-electron chi connectivity index (χ1n) is 8.85. The number of hydrogen-bond acceptors (Lipinski definition) is 4. The van der Waals surface area contributed by atoms with E-state index < -0.39 is 9.84 Å². The van der Waals surface area contributed by atoms with Crippen LogP contribution in [0.2, 0.25) is 0 Å². The summed E-state index contributed by atoms with van der Waals surface area (Å²) >= 11 is 0. The van der Waals surface area contributed by atoms with Crippen LogP contribution in [-0.4, -0.2) is 53.2 Å². The second-order valence-electron chi connectivity index (χ2n) is 7.12. The molecule has 3 aromatic rings. The zero-order valence-electron chi connectivity index (χ0n) is 15.3. The van der Waals surface area contributed by atoms with E-state index in [0.717, 1.165) is 22.3 Å². The van der Waals surface area contributed by atoms with Gasteiger partial charge in [0.25, 0.3) is 5.91 Å². The van der Waals surface area contributed by atoms with Gasteiger partial charge in [0.1, 0.15) is 5.65 Å². The molecule has 1 saturated heterocycles. The van der Waals surface area contributed by atoms with Crippen molar-refractivity contribution in [2.24, 2.45) is 0 Å². The van der Waals surface area contributed by atoms with Crippen molar-refractivity contribution in [2.45, 2.75) is 19.4 Å². The van der Waals surface area contributed by atoms with Gasteiger partial charge in [0.05, 0.1) is 11.5 Å². The first kappa shape index (κ1) is 17.7. The van der Waals surface area contributed by atoms with Crippen LogP contribution in [0.5, 0.6) is 0 Å². The van der Waals surface area contributed by atoms with Crippen LogP contribution in [0.15, 0.2) is 48.9 Å². The van der Waals surface area contributed by atoms with Crippen LogP contribution in [0.4, 0.5) is 0 Å². The van der Waals surface area contributed by atoms with Gasteiger partial charge >= 0.3 is 0 Å². The van der Waals surface area contributed by atoms with E-state index in [1.54, 1.807) is 24.2 Å². The number of carbonyl (C=O) groups excluding carboxylic acids is 1. The molecule has 1 amide bonds. The Balaban J connectivity index is 1.64. The standard InChI is InChI=1S/C20H21N3O3S/c1-14-10-17(12-23-8-7-21-19(14)23)15-4-3-5-16(11-15)20(24)22(2)18-6-9-27(25,26)13-18/h3-5,7-8,10-12,18H,6,9,13H2,1-2H3. The number of amides is 1. The van der Waals surface area contributed by atoms with Crippen molar-refractivity contribution in [3.05, 3.63) is 60.0 Å². The van der Waals surface area contributed by atoms with Crippen LogP contribution in [0.3, 0.4) is 0 Å². The molecule has 1 aliphatic rings. The van der Waals surface area contributed by atoms with Crippen molar-refractivity contribution < 1.29 is 13.2 Å². The fourth-order valence-corrected chi connectivity index (χ4v) is 5.42. The maximum absolute atomic E-state index is 12.9. The molecular weight excluding hydrogens is 362 g/mol. The smallest absolute Gasteiger partial charge is 0.253 e. The van der Waals surface area contributed by atoms with Crippen LogP contribution in [0.1, 0.15) is 22.3 Å². The highest BCUT2D eigenvalue weighted by Gasteiger charge is 2.33. The number of aromatic nitrogens is 2. The summed E-state index contributed by atoms with van der Waals surface area (Å²) in [5.41, 5.74) is 4.46. The van der Waals surface area contributed by atoms with E-state index in [9.17, 15) is 13.2 Å². The molecule has 6 nitrogen and oxygen atoms in total. The lowest BCUT2D eigenvalue weighted by Crippen LogP contribution is -2.37. The molecule has 27 heavy (non-hydrogen) atoms. The molecule has 4 rings (SSSR count). The van der Waals surface area contributed by atoms with Crippen molar-refractivity contribution in [2.75, 3.05) is 18.6 Å². The Labute approximate surface area is 158 Å². The van der Waals surface area contributed by atoms with E-state index in [4.69, 9.17) is 0 Å². The lowest BCUT2D eigenvalue weighted by atomic mass is 10.0. The average Bonchev–Trinajstić information content (AvgIpc) is 3.27. The van der Waals surface area contributed by atoms with Gasteiger partial charge in [-0.05, 0) is 48.2 Å². The zero-order chi connectivity index (χ0) is 19.2. The molecule has 7 heteroatoms. The molecule has 1 aromatic carbocycles. The van der Waals surface area contributed by atoms with E-state index >= 15 is 0 Å². The molecule has 1 fully saturated rings. The predicted octanol–water partition coefficient (Wildman–Crippen LogP) is 2.57. The number of imidazole rings is 1.